The highest BCUT2D eigenvalue weighted by Crippen LogP contribution is 2.19. The van der Waals surface area contributed by atoms with Crippen LogP contribution in [0.5, 0.6) is 0 Å². The SMILES string of the molecule is O=C(Nc1cccc(C#Cc2ccccn2)c1)c1cccc(S(=O)(=O)N2CCOCC2)c1. The van der Waals surface area contributed by atoms with Crippen molar-refractivity contribution in [3.63, 3.8) is 0 Å². The van der Waals surface area contributed by atoms with Crippen LogP contribution in [-0.2, 0) is 14.8 Å². The maximum atomic E-state index is 12.9. The summed E-state index contributed by atoms with van der Waals surface area (Å²) in [5, 5.41) is 2.80. The third kappa shape index (κ3) is 5.21. The van der Waals surface area contributed by atoms with Crippen LogP contribution >= 0.6 is 0 Å². The Bertz CT molecular complexity index is 1280. The number of sulfonamides is 1. The van der Waals surface area contributed by atoms with Gasteiger partial charge in [0.25, 0.3) is 5.91 Å². The summed E-state index contributed by atoms with van der Waals surface area (Å²) in [7, 11) is -3.68. The minimum absolute atomic E-state index is 0.0852. The monoisotopic (exact) mass is 447 g/mol. The lowest BCUT2D eigenvalue weighted by Crippen LogP contribution is -2.40. The van der Waals surface area contributed by atoms with Gasteiger partial charge in [-0.2, -0.15) is 4.31 Å². The summed E-state index contributed by atoms with van der Waals surface area (Å²) in [4.78, 5) is 17.0. The highest BCUT2D eigenvalue weighted by Gasteiger charge is 2.26. The van der Waals surface area contributed by atoms with Gasteiger partial charge in [-0.25, -0.2) is 13.4 Å². The minimum atomic E-state index is -3.68. The molecule has 1 aromatic heterocycles. The standard InChI is InChI=1S/C24H21N3O4S/c28-24(20-6-4-9-23(18-20)32(29,30)27-13-15-31-16-14-27)26-22-8-3-5-19(17-22)10-11-21-7-1-2-12-25-21/h1-9,12,17-18H,13-16H2,(H,26,28). The summed E-state index contributed by atoms with van der Waals surface area (Å²) in [5.41, 5.74) is 2.19. The molecule has 0 saturated carbocycles. The number of rotatable bonds is 4. The number of ether oxygens (including phenoxy) is 1. The number of pyridine rings is 1. The summed E-state index contributed by atoms with van der Waals surface area (Å²) < 4.78 is 32.3. The molecule has 0 radical (unpaired) electrons. The van der Waals surface area contributed by atoms with Crippen molar-refractivity contribution in [3.8, 4) is 11.8 Å². The van der Waals surface area contributed by atoms with Crippen molar-refractivity contribution < 1.29 is 17.9 Å². The number of carbonyl (C=O) groups is 1. The van der Waals surface area contributed by atoms with Crippen molar-refractivity contribution in [2.24, 2.45) is 0 Å². The van der Waals surface area contributed by atoms with Crippen molar-refractivity contribution in [1.29, 1.82) is 0 Å². The van der Waals surface area contributed by atoms with E-state index in [9.17, 15) is 13.2 Å². The molecule has 8 heteroatoms. The van der Waals surface area contributed by atoms with Crippen LogP contribution in [0.2, 0.25) is 0 Å². The quantitative estimate of drug-likeness (QED) is 0.622. The molecule has 32 heavy (non-hydrogen) atoms. The molecule has 1 aliphatic heterocycles. The van der Waals surface area contributed by atoms with Crippen molar-refractivity contribution in [2.45, 2.75) is 4.90 Å². The van der Waals surface area contributed by atoms with E-state index in [1.165, 1.54) is 16.4 Å². The number of amides is 1. The van der Waals surface area contributed by atoms with E-state index in [4.69, 9.17) is 4.74 Å². The molecule has 1 saturated heterocycles. The molecule has 7 nitrogen and oxygen atoms in total. The van der Waals surface area contributed by atoms with Crippen molar-refractivity contribution in [2.75, 3.05) is 31.6 Å². The fourth-order valence-corrected chi connectivity index (χ4v) is 4.64. The number of hydrogen-bond acceptors (Lipinski definition) is 5. The zero-order valence-corrected chi connectivity index (χ0v) is 18.0. The number of carbonyl (C=O) groups excluding carboxylic acids is 1. The Labute approximate surface area is 187 Å². The number of nitrogens with one attached hydrogen (secondary N) is 1. The zero-order valence-electron chi connectivity index (χ0n) is 17.2. The van der Waals surface area contributed by atoms with Gasteiger partial charge in [-0.05, 0) is 54.5 Å². The van der Waals surface area contributed by atoms with Crippen LogP contribution in [0.1, 0.15) is 21.6 Å². The smallest absolute Gasteiger partial charge is 0.255 e. The van der Waals surface area contributed by atoms with E-state index in [1.54, 1.807) is 36.5 Å². The van der Waals surface area contributed by atoms with Crippen LogP contribution in [0.25, 0.3) is 0 Å². The second kappa shape index (κ2) is 9.75. The van der Waals surface area contributed by atoms with Crippen LogP contribution in [0, 0.1) is 11.8 Å². The van der Waals surface area contributed by atoms with Gasteiger partial charge in [-0.3, -0.25) is 4.79 Å². The van der Waals surface area contributed by atoms with Crippen LogP contribution < -0.4 is 5.32 Å². The Kier molecular flexibility index (Phi) is 6.61. The molecule has 0 bridgehead atoms. The molecule has 1 aliphatic rings. The lowest BCUT2D eigenvalue weighted by Gasteiger charge is -2.26. The molecule has 3 aromatic rings. The highest BCUT2D eigenvalue weighted by molar-refractivity contribution is 7.89. The average molecular weight is 448 g/mol. The van der Waals surface area contributed by atoms with Crippen LogP contribution in [0.3, 0.4) is 0 Å². The third-order valence-corrected chi connectivity index (χ3v) is 6.72. The van der Waals surface area contributed by atoms with Crippen molar-refractivity contribution in [3.05, 3.63) is 89.7 Å². The fraction of sp³-hybridized carbons (Fsp3) is 0.167. The molecule has 4 rings (SSSR count). The first-order chi connectivity index (χ1) is 15.5. The zero-order chi connectivity index (χ0) is 22.4. The first kappa shape index (κ1) is 21.7. The number of aromatic nitrogens is 1. The maximum Gasteiger partial charge on any atom is 0.255 e. The van der Waals surface area contributed by atoms with Crippen LogP contribution in [-0.4, -0.2) is 49.9 Å². The summed E-state index contributed by atoms with van der Waals surface area (Å²) >= 11 is 0. The van der Waals surface area contributed by atoms with Gasteiger partial charge in [-0.15, -0.1) is 0 Å². The molecule has 0 unspecified atom stereocenters. The third-order valence-electron chi connectivity index (χ3n) is 4.82. The van der Waals surface area contributed by atoms with E-state index in [1.807, 2.05) is 24.3 Å². The van der Waals surface area contributed by atoms with Crippen LogP contribution in [0.15, 0.2) is 77.8 Å². The van der Waals surface area contributed by atoms with E-state index in [-0.39, 0.29) is 10.5 Å². The van der Waals surface area contributed by atoms with Crippen molar-refractivity contribution >= 4 is 21.6 Å². The predicted octanol–water partition coefficient (Wildman–Crippen LogP) is 2.75. The van der Waals surface area contributed by atoms with E-state index in [0.717, 1.165) is 5.56 Å². The van der Waals surface area contributed by atoms with Gasteiger partial charge in [0.05, 0.1) is 18.1 Å². The maximum absolute atomic E-state index is 12.9. The van der Waals surface area contributed by atoms with Gasteiger partial charge in [0.2, 0.25) is 10.0 Å². The molecule has 0 atom stereocenters. The fourth-order valence-electron chi connectivity index (χ4n) is 3.18. The first-order valence-electron chi connectivity index (χ1n) is 10.0. The number of hydrogen-bond donors (Lipinski definition) is 1. The molecule has 1 fully saturated rings. The van der Waals surface area contributed by atoms with E-state index >= 15 is 0 Å². The Balaban J connectivity index is 1.50. The largest absolute Gasteiger partial charge is 0.379 e. The molecule has 0 aliphatic carbocycles. The molecule has 0 spiro atoms. The van der Waals surface area contributed by atoms with Gasteiger partial charge in [-0.1, -0.05) is 24.1 Å². The second-order valence-corrected chi connectivity index (χ2v) is 8.98. The highest BCUT2D eigenvalue weighted by atomic mass is 32.2. The normalized spacial score (nSPS) is 14.2. The lowest BCUT2D eigenvalue weighted by molar-refractivity contribution is 0.0730. The lowest BCUT2D eigenvalue weighted by atomic mass is 10.1. The van der Waals surface area contributed by atoms with E-state index < -0.39 is 15.9 Å². The molecule has 1 N–H and O–H groups in total. The van der Waals surface area contributed by atoms with Gasteiger partial charge < -0.3 is 10.1 Å². The topological polar surface area (TPSA) is 88.6 Å². The Hall–Kier alpha value is -3.51. The van der Waals surface area contributed by atoms with Gasteiger partial charge in [0.1, 0.15) is 5.69 Å². The number of morpholine rings is 1. The Morgan fingerprint density at radius 2 is 1.78 bits per heavy atom. The summed E-state index contributed by atoms with van der Waals surface area (Å²) in [6.07, 6.45) is 1.67. The van der Waals surface area contributed by atoms with Crippen molar-refractivity contribution in [1.82, 2.24) is 9.29 Å². The molecular formula is C24H21N3O4S. The predicted molar refractivity (Wildman–Crippen MR) is 121 cm³/mol. The number of nitrogens with zero attached hydrogens (tertiary/aromatic N) is 2. The Morgan fingerprint density at radius 3 is 2.56 bits per heavy atom. The first-order valence-corrected chi connectivity index (χ1v) is 11.5. The average Bonchev–Trinajstić information content (AvgIpc) is 2.84. The number of anilines is 1. The minimum Gasteiger partial charge on any atom is -0.379 e. The molecule has 2 aromatic carbocycles. The summed E-state index contributed by atoms with van der Waals surface area (Å²) in [6.45, 7) is 1.31. The van der Waals surface area contributed by atoms with E-state index in [0.29, 0.717) is 37.7 Å². The van der Waals surface area contributed by atoms with Gasteiger partial charge in [0, 0.05) is 36.1 Å². The molecule has 2 heterocycles. The number of benzene rings is 2. The summed E-state index contributed by atoms with van der Waals surface area (Å²) in [5.74, 6) is 5.59. The van der Waals surface area contributed by atoms with Crippen LogP contribution in [0.4, 0.5) is 5.69 Å². The Morgan fingerprint density at radius 1 is 0.969 bits per heavy atom. The molecular weight excluding hydrogens is 426 g/mol. The van der Waals surface area contributed by atoms with E-state index in [2.05, 4.69) is 22.1 Å². The van der Waals surface area contributed by atoms with Gasteiger partial charge >= 0.3 is 0 Å². The van der Waals surface area contributed by atoms with Gasteiger partial charge in [0.15, 0.2) is 0 Å². The summed E-state index contributed by atoms with van der Waals surface area (Å²) in [6, 6.07) is 18.7. The second-order valence-electron chi connectivity index (χ2n) is 7.04. The molecule has 1 amide bonds. The molecule has 162 valence electrons.